The predicted molar refractivity (Wildman–Crippen MR) is 292 cm³/mol. The van der Waals surface area contributed by atoms with Crippen LogP contribution in [0.5, 0.6) is 0 Å². The van der Waals surface area contributed by atoms with Gasteiger partial charge in [-0.15, -0.1) is 0 Å². The van der Waals surface area contributed by atoms with Gasteiger partial charge in [0.05, 0.1) is 36.5 Å². The fraction of sp³-hybridized carbons (Fsp3) is 0.458. The molecule has 2 aliphatic rings. The van der Waals surface area contributed by atoms with E-state index in [9.17, 15) is 15.1 Å². The number of aliphatic imine (C=N–C) groups is 1. The standard InChI is InChI=1S/C48H60N16O6S2Si2/c1-47(2,3)73(7,8)69-36-32(57-27-71)30(67-44(36)63-25-55-34-38(51-23-53-40(34)63)60-42(65)28-17-13-11-14-18-28)21-50-46(72)59-33-31(22-58-62-49)68-45(37(33)70-74(9,10)48(4,5)6)64-26-56-35-39(52-24-54-41(35)64)61-43(66)29-19-15-12-16-20-29/h11-20,23-26,30-33,36-37,44-45H,21-22H2,1-10H3,(H2,50,59,72)(H,51,53,60,65)(H,52,54,61,66)/t30-,31-,32-,33-,36-,37-,44-,45-/m1/s1. The number of nitrogens with one attached hydrogen (secondary N) is 4. The van der Waals surface area contributed by atoms with Crippen LogP contribution in [0.25, 0.3) is 32.8 Å². The zero-order chi connectivity index (χ0) is 53.2. The van der Waals surface area contributed by atoms with Crippen molar-refractivity contribution in [3.63, 3.8) is 0 Å². The lowest BCUT2D eigenvalue weighted by molar-refractivity contribution is -0.0296. The third-order valence-corrected chi connectivity index (χ3v) is 23.5. The molecule has 2 amide bonds. The van der Waals surface area contributed by atoms with Gasteiger partial charge in [-0.05, 0) is 90.5 Å². The summed E-state index contributed by atoms with van der Waals surface area (Å²) >= 11 is 11.3. The van der Waals surface area contributed by atoms with Crippen molar-refractivity contribution >= 4 is 97.1 Å². The zero-order valence-corrected chi connectivity index (χ0v) is 46.4. The van der Waals surface area contributed by atoms with Crippen LogP contribution < -0.4 is 21.3 Å². The van der Waals surface area contributed by atoms with Gasteiger partial charge in [0.25, 0.3) is 11.8 Å². The number of fused-ring (bicyclic) bond motifs is 2. The highest BCUT2D eigenvalue weighted by Crippen LogP contribution is 2.45. The molecule has 22 nitrogen and oxygen atoms in total. The number of isothiocyanates is 1. The van der Waals surface area contributed by atoms with E-state index >= 15 is 0 Å². The molecule has 8 rings (SSSR count). The molecule has 0 unspecified atom stereocenters. The van der Waals surface area contributed by atoms with Gasteiger partial charge in [-0.25, -0.2) is 34.9 Å². The van der Waals surface area contributed by atoms with E-state index in [2.05, 4.69) is 139 Å². The van der Waals surface area contributed by atoms with Gasteiger partial charge in [0.2, 0.25) is 0 Å². The Morgan fingerprint density at radius 3 is 1.69 bits per heavy atom. The summed E-state index contributed by atoms with van der Waals surface area (Å²) in [5.41, 5.74) is 11.9. The van der Waals surface area contributed by atoms with Crippen LogP contribution in [0.3, 0.4) is 0 Å². The van der Waals surface area contributed by atoms with Crippen LogP contribution >= 0.6 is 24.4 Å². The second-order valence-electron chi connectivity index (χ2n) is 21.1. The maximum absolute atomic E-state index is 13.2. The van der Waals surface area contributed by atoms with Crippen LogP contribution in [0, 0.1) is 0 Å². The summed E-state index contributed by atoms with van der Waals surface area (Å²) in [6, 6.07) is 16.2. The summed E-state index contributed by atoms with van der Waals surface area (Å²) < 4.78 is 31.6. The van der Waals surface area contributed by atoms with Crippen molar-refractivity contribution in [2.75, 3.05) is 23.7 Å². The average Bonchev–Trinajstić information content (AvgIpc) is 4.14. The van der Waals surface area contributed by atoms with Gasteiger partial charge in [-0.2, -0.15) is 0 Å². The van der Waals surface area contributed by atoms with E-state index in [0.717, 1.165) is 0 Å². The second-order valence-corrected chi connectivity index (χ2v) is 31.2. The van der Waals surface area contributed by atoms with E-state index < -0.39 is 65.6 Å². The zero-order valence-electron chi connectivity index (χ0n) is 42.7. The topological polar surface area (TPSA) is 267 Å². The molecule has 74 heavy (non-hydrogen) atoms. The third kappa shape index (κ3) is 11.3. The molecular formula is C48H60N16O6S2Si2. The van der Waals surface area contributed by atoms with E-state index in [1.807, 2.05) is 12.1 Å². The number of nitrogens with zero attached hydrogens (tertiary/aromatic N) is 12. The number of carbonyl (C=O) groups excluding carboxylic acids is 2. The molecule has 8 atom stereocenters. The predicted octanol–water partition coefficient (Wildman–Crippen LogP) is 8.36. The molecule has 2 aromatic carbocycles. The molecular weight excluding hydrogens is 1020 g/mol. The number of anilines is 2. The number of amides is 2. The Hall–Kier alpha value is -6.45. The van der Waals surface area contributed by atoms with Gasteiger partial charge >= 0.3 is 0 Å². The van der Waals surface area contributed by atoms with Crippen molar-refractivity contribution < 1.29 is 27.9 Å². The van der Waals surface area contributed by atoms with Crippen molar-refractivity contribution in [3.05, 3.63) is 108 Å². The molecule has 388 valence electrons. The normalized spacial score (nSPS) is 22.2. The lowest BCUT2D eigenvalue weighted by atomic mass is 10.1. The quantitative estimate of drug-likeness (QED) is 0.0177. The number of rotatable bonds is 16. The minimum atomic E-state index is -2.60. The molecule has 2 aliphatic heterocycles. The molecule has 6 aromatic rings. The number of azide groups is 1. The average molecular weight is 1080 g/mol. The summed E-state index contributed by atoms with van der Waals surface area (Å²) in [5.74, 6) is -0.276. The number of imidazole rings is 2. The van der Waals surface area contributed by atoms with Crippen molar-refractivity contribution in [1.29, 1.82) is 0 Å². The number of carbonyl (C=O) groups is 2. The van der Waals surface area contributed by atoms with Gasteiger partial charge in [0.15, 0.2) is 68.2 Å². The van der Waals surface area contributed by atoms with Crippen LogP contribution in [0.1, 0.15) is 74.7 Å². The first-order chi connectivity index (χ1) is 35.1. The Bertz CT molecular complexity index is 3120. The molecule has 0 bridgehead atoms. The fourth-order valence-electron chi connectivity index (χ4n) is 8.22. The minimum absolute atomic E-state index is 0.0734. The molecule has 4 aromatic heterocycles. The molecule has 4 N–H and O–H groups in total. The Balaban J connectivity index is 1.09. The number of aromatic nitrogens is 8. The second kappa shape index (κ2) is 21.8. The first-order valence-corrected chi connectivity index (χ1v) is 30.6. The van der Waals surface area contributed by atoms with Gasteiger partial charge in [0, 0.05) is 22.6 Å². The monoisotopic (exact) mass is 1080 g/mol. The molecule has 0 aliphatic carbocycles. The van der Waals surface area contributed by atoms with Crippen LogP contribution in [-0.2, 0) is 18.3 Å². The van der Waals surface area contributed by atoms with Crippen LogP contribution in [0.15, 0.2) is 96.1 Å². The summed E-state index contributed by atoms with van der Waals surface area (Å²) in [7, 11) is -5.14. The van der Waals surface area contributed by atoms with Gasteiger partial charge < -0.3 is 39.6 Å². The van der Waals surface area contributed by atoms with E-state index in [0.29, 0.717) is 33.5 Å². The van der Waals surface area contributed by atoms with Crippen LogP contribution in [0.4, 0.5) is 11.6 Å². The molecule has 0 radical (unpaired) electrons. The van der Waals surface area contributed by atoms with Gasteiger partial charge in [-0.1, -0.05) is 83.1 Å². The highest BCUT2D eigenvalue weighted by atomic mass is 32.1. The fourth-order valence-corrected chi connectivity index (χ4v) is 11.1. The highest BCUT2D eigenvalue weighted by Gasteiger charge is 2.53. The maximum atomic E-state index is 13.2. The van der Waals surface area contributed by atoms with Crippen LogP contribution in [-0.4, -0.2) is 127 Å². The molecule has 6 heterocycles. The van der Waals surface area contributed by atoms with Crippen molar-refractivity contribution in [1.82, 2.24) is 49.7 Å². The minimum Gasteiger partial charge on any atom is -0.407 e. The number of hydrogen-bond donors (Lipinski definition) is 4. The summed E-state index contributed by atoms with van der Waals surface area (Å²) in [6.07, 6.45) is 1.27. The Morgan fingerprint density at radius 1 is 0.743 bits per heavy atom. The Kier molecular flexibility index (Phi) is 15.9. The molecule has 0 saturated carbocycles. The summed E-state index contributed by atoms with van der Waals surface area (Å²) in [6.45, 7) is 21.4. The largest absolute Gasteiger partial charge is 0.407 e. The molecule has 26 heteroatoms. The smallest absolute Gasteiger partial charge is 0.256 e. The number of ether oxygens (including phenoxy) is 2. The highest BCUT2D eigenvalue weighted by molar-refractivity contribution is 7.80. The summed E-state index contributed by atoms with van der Waals surface area (Å²) in [4.78, 5) is 61.5. The van der Waals surface area contributed by atoms with E-state index in [1.165, 1.54) is 12.7 Å². The Morgan fingerprint density at radius 2 is 1.22 bits per heavy atom. The van der Waals surface area contributed by atoms with Crippen molar-refractivity contribution in [2.24, 2.45) is 10.1 Å². The maximum Gasteiger partial charge on any atom is 0.256 e. The van der Waals surface area contributed by atoms with Crippen LogP contribution in [0.2, 0.25) is 36.3 Å². The van der Waals surface area contributed by atoms with Crippen molar-refractivity contribution in [3.8, 4) is 0 Å². The Labute approximate surface area is 440 Å². The molecule has 0 spiro atoms. The number of thiocarbonyl (C=S) groups is 2. The molecule has 2 fully saturated rings. The first-order valence-electron chi connectivity index (χ1n) is 24.0. The summed E-state index contributed by atoms with van der Waals surface area (Å²) in [5, 5.41) is 18.9. The first kappa shape index (κ1) is 53.8. The number of hydrogen-bond acceptors (Lipinski definition) is 16. The lowest BCUT2D eigenvalue weighted by Crippen LogP contribution is -2.56. The molecule has 2 saturated heterocycles. The third-order valence-electron chi connectivity index (χ3n) is 14.2. The lowest BCUT2D eigenvalue weighted by Gasteiger charge is -2.41. The van der Waals surface area contributed by atoms with Gasteiger partial charge in [0.1, 0.15) is 37.0 Å². The SMILES string of the molecule is CC(C)(C)[Si](C)(C)O[C@@H]1[C@H](N=C=S)[C@@H](CNC(=S)N[C@H]2[C@@H](O[Si](C)(C)C(C)(C)C)[C@H](n3cnc4c(NC(=O)c5ccccc5)ncnc43)O[C@@H]2CN=[N+]=[N-])O[C@H]1n1cnc2c(NC(=O)c3ccccc3)ncnc21. The number of benzene rings is 2. The van der Waals surface area contributed by atoms with E-state index in [1.54, 1.807) is 70.3 Å². The van der Waals surface area contributed by atoms with E-state index in [4.69, 9.17) is 42.8 Å². The van der Waals surface area contributed by atoms with Crippen molar-refractivity contribution in [2.45, 2.75) is 127 Å². The van der Waals surface area contributed by atoms with E-state index in [-0.39, 0.29) is 51.7 Å². The van der Waals surface area contributed by atoms with Gasteiger partial charge in [-0.3, -0.25) is 18.7 Å².